The fraction of sp³-hybridized carbons (Fsp3) is 0.346. The molecule has 2 aliphatic heterocycles. The third-order valence-electron chi connectivity index (χ3n) is 6.36. The second-order valence-electron chi connectivity index (χ2n) is 9.20. The van der Waals surface area contributed by atoms with E-state index < -0.39 is 0 Å². The van der Waals surface area contributed by atoms with Gasteiger partial charge in [-0.25, -0.2) is 4.98 Å². The number of thiocarbonyl (C=S) groups is 1. The molecule has 2 aromatic heterocycles. The number of nitrogens with zero attached hydrogens (tertiary/aromatic N) is 4. The molecule has 0 aliphatic carbocycles. The lowest BCUT2D eigenvalue weighted by Gasteiger charge is -2.38. The van der Waals surface area contributed by atoms with E-state index in [1.807, 2.05) is 54.2 Å². The zero-order chi connectivity index (χ0) is 23.7. The Bertz CT molecular complexity index is 1230. The van der Waals surface area contributed by atoms with Crippen molar-refractivity contribution in [2.24, 2.45) is 0 Å². The van der Waals surface area contributed by atoms with Crippen LogP contribution in [-0.4, -0.2) is 45.9 Å². The Kier molecular flexibility index (Phi) is 6.24. The summed E-state index contributed by atoms with van der Waals surface area (Å²) in [4.78, 5) is 9.44. The van der Waals surface area contributed by atoms with Crippen molar-refractivity contribution in [3.05, 3.63) is 65.4 Å². The van der Waals surface area contributed by atoms with E-state index in [2.05, 4.69) is 35.0 Å². The van der Waals surface area contributed by atoms with Gasteiger partial charge in [0.1, 0.15) is 17.6 Å². The van der Waals surface area contributed by atoms with Gasteiger partial charge in [0.15, 0.2) is 10.9 Å². The summed E-state index contributed by atoms with van der Waals surface area (Å²) in [5.41, 5.74) is 4.80. The minimum absolute atomic E-state index is 0.0750. The van der Waals surface area contributed by atoms with E-state index in [0.29, 0.717) is 5.56 Å². The Balaban J connectivity index is 1.42. The Morgan fingerprint density at radius 2 is 1.88 bits per heavy atom. The molecule has 3 aromatic rings. The largest absolute Gasteiger partial charge is 0.463 e. The van der Waals surface area contributed by atoms with Gasteiger partial charge in [0.05, 0.1) is 11.8 Å². The van der Waals surface area contributed by atoms with Crippen molar-refractivity contribution >= 4 is 40.6 Å². The number of anilines is 2. The number of para-hydroxylation sites is 1. The highest BCUT2D eigenvalue weighted by Gasteiger charge is 2.34. The van der Waals surface area contributed by atoms with Crippen molar-refractivity contribution in [1.82, 2.24) is 9.88 Å². The first-order chi connectivity index (χ1) is 16.4. The zero-order valence-corrected chi connectivity index (χ0v) is 21.0. The van der Waals surface area contributed by atoms with Crippen molar-refractivity contribution in [1.29, 1.82) is 5.26 Å². The third-order valence-corrected chi connectivity index (χ3v) is 8.08. The van der Waals surface area contributed by atoms with Crippen LogP contribution in [0.15, 0.2) is 53.1 Å². The van der Waals surface area contributed by atoms with Gasteiger partial charge in [-0.3, -0.25) is 0 Å². The Labute approximate surface area is 210 Å². The average Bonchev–Trinajstić information content (AvgIpc) is 3.38. The quantitative estimate of drug-likeness (QED) is 0.497. The molecule has 4 heterocycles. The average molecular weight is 490 g/mol. The highest BCUT2D eigenvalue weighted by Crippen LogP contribution is 2.44. The van der Waals surface area contributed by atoms with Crippen molar-refractivity contribution in [2.45, 2.75) is 30.8 Å². The van der Waals surface area contributed by atoms with Crippen molar-refractivity contribution in [2.75, 3.05) is 36.4 Å². The van der Waals surface area contributed by atoms with Gasteiger partial charge in [-0.15, -0.1) is 0 Å². The van der Waals surface area contributed by atoms with Crippen LogP contribution in [0, 0.1) is 11.3 Å². The number of rotatable bonds is 3. The molecule has 34 heavy (non-hydrogen) atoms. The molecule has 0 atom stereocenters. The summed E-state index contributed by atoms with van der Waals surface area (Å²) >= 11 is 7.56. The van der Waals surface area contributed by atoms with Crippen LogP contribution in [0.1, 0.15) is 30.5 Å². The number of piperazine rings is 1. The van der Waals surface area contributed by atoms with Gasteiger partial charge < -0.3 is 19.5 Å². The number of pyridine rings is 1. The van der Waals surface area contributed by atoms with E-state index in [0.717, 1.165) is 77.6 Å². The van der Waals surface area contributed by atoms with Gasteiger partial charge in [-0.05, 0) is 54.0 Å². The molecular weight excluding hydrogens is 462 g/mol. The van der Waals surface area contributed by atoms with Gasteiger partial charge in [0.25, 0.3) is 0 Å². The van der Waals surface area contributed by atoms with Crippen LogP contribution < -0.4 is 10.2 Å². The first-order valence-corrected chi connectivity index (χ1v) is 12.8. The lowest BCUT2D eigenvalue weighted by Crippen LogP contribution is -2.50. The molecule has 1 aromatic carbocycles. The molecule has 6 nitrogen and oxygen atoms in total. The molecule has 2 aliphatic rings. The van der Waals surface area contributed by atoms with Crippen LogP contribution in [0.2, 0.25) is 0 Å². The smallest absolute Gasteiger partial charge is 0.173 e. The van der Waals surface area contributed by atoms with Crippen LogP contribution >= 0.6 is 24.0 Å². The van der Waals surface area contributed by atoms with Crippen molar-refractivity contribution < 1.29 is 4.42 Å². The SMILES string of the molecule is CC1(C)Cc2c(C#N)c(N3CCN(C(=S)Nc4ccccc4)CC3)nc(-c3ccco3)c2CS1. The summed E-state index contributed by atoms with van der Waals surface area (Å²) in [6.45, 7) is 7.50. The van der Waals surface area contributed by atoms with Crippen LogP contribution in [-0.2, 0) is 12.2 Å². The first-order valence-electron chi connectivity index (χ1n) is 11.4. The highest BCUT2D eigenvalue weighted by molar-refractivity contribution is 7.99. The number of aromatic nitrogens is 1. The van der Waals surface area contributed by atoms with Crippen LogP contribution in [0.25, 0.3) is 11.5 Å². The van der Waals surface area contributed by atoms with Gasteiger partial charge in [-0.2, -0.15) is 17.0 Å². The van der Waals surface area contributed by atoms with Crippen LogP contribution in [0.4, 0.5) is 11.5 Å². The summed E-state index contributed by atoms with van der Waals surface area (Å²) in [6.07, 6.45) is 2.52. The summed E-state index contributed by atoms with van der Waals surface area (Å²) in [7, 11) is 0. The Hall–Kier alpha value is -3.02. The van der Waals surface area contributed by atoms with Crippen molar-refractivity contribution in [3.8, 4) is 17.5 Å². The molecule has 0 spiro atoms. The minimum Gasteiger partial charge on any atom is -0.463 e. The first kappa shape index (κ1) is 22.8. The van der Waals surface area contributed by atoms with Crippen LogP contribution in [0.3, 0.4) is 0 Å². The molecule has 1 N–H and O–H groups in total. The number of thioether (sulfide) groups is 1. The molecular formula is C26H27N5OS2. The van der Waals surface area contributed by atoms with Crippen LogP contribution in [0.5, 0.6) is 0 Å². The Morgan fingerprint density at radius 3 is 2.56 bits per heavy atom. The standard InChI is InChI=1S/C26H27N5OS2/c1-26(2)15-19-20(16-27)24(29-23(21(19)17-34-26)22-9-6-14-32-22)30-10-12-31(13-11-30)25(33)28-18-7-4-3-5-8-18/h3-9,14H,10-13,15,17H2,1-2H3,(H,28,33). The minimum atomic E-state index is 0.0750. The molecule has 8 heteroatoms. The van der Waals surface area contributed by atoms with Gasteiger partial charge >= 0.3 is 0 Å². The normalized spacial score (nSPS) is 17.1. The Morgan fingerprint density at radius 1 is 1.12 bits per heavy atom. The molecule has 1 saturated heterocycles. The monoisotopic (exact) mass is 489 g/mol. The summed E-state index contributed by atoms with van der Waals surface area (Å²) in [5.74, 6) is 2.35. The fourth-order valence-corrected chi connectivity index (χ4v) is 5.95. The summed E-state index contributed by atoms with van der Waals surface area (Å²) < 4.78 is 5.83. The number of benzene rings is 1. The van der Waals surface area contributed by atoms with E-state index in [-0.39, 0.29) is 4.75 Å². The number of hydrogen-bond acceptors (Lipinski definition) is 6. The molecule has 174 valence electrons. The molecule has 0 amide bonds. The second-order valence-corrected chi connectivity index (χ2v) is 11.3. The fourth-order valence-electron chi connectivity index (χ4n) is 4.56. The maximum absolute atomic E-state index is 10.2. The molecule has 0 unspecified atom stereocenters. The number of hydrogen-bond donors (Lipinski definition) is 1. The zero-order valence-electron chi connectivity index (χ0n) is 19.4. The maximum atomic E-state index is 10.2. The highest BCUT2D eigenvalue weighted by atomic mass is 32.2. The number of nitriles is 1. The maximum Gasteiger partial charge on any atom is 0.173 e. The van der Waals surface area contributed by atoms with E-state index >= 15 is 0 Å². The molecule has 0 radical (unpaired) electrons. The van der Waals surface area contributed by atoms with Gasteiger partial charge in [0, 0.05) is 42.4 Å². The van der Waals surface area contributed by atoms with E-state index in [9.17, 15) is 5.26 Å². The van der Waals surface area contributed by atoms with Crippen molar-refractivity contribution in [3.63, 3.8) is 0 Å². The van der Waals surface area contributed by atoms with Gasteiger partial charge in [-0.1, -0.05) is 32.0 Å². The number of nitrogens with one attached hydrogen (secondary N) is 1. The van der Waals surface area contributed by atoms with E-state index in [1.165, 1.54) is 0 Å². The lowest BCUT2D eigenvalue weighted by molar-refractivity contribution is 0.389. The molecule has 1 fully saturated rings. The summed E-state index contributed by atoms with van der Waals surface area (Å²) in [5, 5.41) is 14.3. The second kappa shape index (κ2) is 9.32. The number of furan rings is 1. The van der Waals surface area contributed by atoms with E-state index in [4.69, 9.17) is 21.6 Å². The molecule has 0 bridgehead atoms. The number of fused-ring (bicyclic) bond motifs is 1. The predicted molar refractivity (Wildman–Crippen MR) is 142 cm³/mol. The molecule has 0 saturated carbocycles. The molecule has 5 rings (SSSR count). The summed E-state index contributed by atoms with van der Waals surface area (Å²) in [6, 6.07) is 16.3. The lowest BCUT2D eigenvalue weighted by atomic mass is 9.91. The van der Waals surface area contributed by atoms with E-state index in [1.54, 1.807) is 6.26 Å². The topological polar surface area (TPSA) is 68.3 Å². The predicted octanol–water partition coefficient (Wildman–Crippen LogP) is 5.30. The third kappa shape index (κ3) is 4.50. The van der Waals surface area contributed by atoms with Gasteiger partial charge in [0.2, 0.25) is 0 Å².